The molecule has 0 amide bonds. The second kappa shape index (κ2) is 6.99. The molecule has 0 bridgehead atoms. The van der Waals surface area contributed by atoms with Gasteiger partial charge in [0.15, 0.2) is 0 Å². The van der Waals surface area contributed by atoms with E-state index in [1.807, 2.05) is 0 Å². The molecule has 1 atom stereocenters. The van der Waals surface area contributed by atoms with Crippen molar-refractivity contribution < 1.29 is 4.84 Å². The summed E-state index contributed by atoms with van der Waals surface area (Å²) in [6.45, 7) is 5.64. The third-order valence-electron chi connectivity index (χ3n) is 1.28. The van der Waals surface area contributed by atoms with Crippen molar-refractivity contribution in [3.63, 3.8) is 0 Å². The summed E-state index contributed by atoms with van der Waals surface area (Å²) >= 11 is 0. The van der Waals surface area contributed by atoms with E-state index < -0.39 is 0 Å². The fourth-order valence-electron chi connectivity index (χ4n) is 0.485. The fraction of sp³-hybridized carbons (Fsp3) is 1.00. The van der Waals surface area contributed by atoms with Gasteiger partial charge in [0.2, 0.25) is 0 Å². The monoisotopic (exact) mass is 146 g/mol. The molecule has 0 saturated carbocycles. The van der Waals surface area contributed by atoms with Crippen LogP contribution >= 0.6 is 0 Å². The topological polar surface area (TPSA) is 47.3 Å². The summed E-state index contributed by atoms with van der Waals surface area (Å²) in [5, 5.41) is 0. The predicted molar refractivity (Wildman–Crippen MR) is 42.5 cm³/mol. The summed E-state index contributed by atoms with van der Waals surface area (Å²) in [7, 11) is 0. The molecule has 0 heterocycles. The number of hydroxylamine groups is 1. The molecule has 0 rings (SSSR count). The number of hydrogen-bond donors (Lipinski definition) is 2. The van der Waals surface area contributed by atoms with Crippen molar-refractivity contribution in [2.75, 3.05) is 13.2 Å². The van der Waals surface area contributed by atoms with E-state index in [4.69, 9.17) is 10.6 Å². The minimum Gasteiger partial charge on any atom is -0.326 e. The van der Waals surface area contributed by atoms with Gasteiger partial charge in [0, 0.05) is 12.6 Å². The summed E-state index contributed by atoms with van der Waals surface area (Å²) < 4.78 is 0. The molecule has 0 radical (unpaired) electrons. The van der Waals surface area contributed by atoms with Gasteiger partial charge >= 0.3 is 0 Å². The molecule has 0 aromatic carbocycles. The first-order valence-corrected chi connectivity index (χ1v) is 3.91. The van der Waals surface area contributed by atoms with E-state index in [-0.39, 0.29) is 6.04 Å². The molecule has 0 aromatic heterocycles. The number of nitrogens with two attached hydrogens (primary N) is 1. The molecule has 1 unspecified atom stereocenters. The van der Waals surface area contributed by atoms with E-state index in [2.05, 4.69) is 19.3 Å². The molecule has 3 heteroatoms. The van der Waals surface area contributed by atoms with Gasteiger partial charge in [-0.25, -0.2) is 5.48 Å². The smallest absolute Gasteiger partial charge is 0.0679 e. The second-order valence-corrected chi connectivity index (χ2v) is 2.37. The van der Waals surface area contributed by atoms with E-state index in [9.17, 15) is 0 Å². The summed E-state index contributed by atoms with van der Waals surface area (Å²) in [6, 6.07) is 0.219. The van der Waals surface area contributed by atoms with Crippen LogP contribution in [0.2, 0.25) is 0 Å². The lowest BCUT2D eigenvalue weighted by Gasteiger charge is -2.09. The molecule has 62 valence electrons. The number of nitrogens with one attached hydrogen (secondary N) is 1. The van der Waals surface area contributed by atoms with Gasteiger partial charge in [-0.2, -0.15) is 0 Å². The highest BCUT2D eigenvalue weighted by Crippen LogP contribution is 1.82. The van der Waals surface area contributed by atoms with Crippen molar-refractivity contribution in [1.29, 1.82) is 0 Å². The highest BCUT2D eigenvalue weighted by atomic mass is 16.6. The molecular weight excluding hydrogens is 128 g/mol. The minimum absolute atomic E-state index is 0.219. The number of hydrogen-bond acceptors (Lipinski definition) is 3. The Hall–Kier alpha value is -0.120. The quantitative estimate of drug-likeness (QED) is 0.427. The lowest BCUT2D eigenvalue weighted by molar-refractivity contribution is 0.0383. The lowest BCUT2D eigenvalue weighted by Crippen LogP contribution is -2.33. The zero-order valence-corrected chi connectivity index (χ0v) is 6.89. The molecule has 10 heavy (non-hydrogen) atoms. The maximum absolute atomic E-state index is 5.61. The van der Waals surface area contributed by atoms with Gasteiger partial charge in [-0.3, -0.25) is 0 Å². The Morgan fingerprint density at radius 2 is 2.20 bits per heavy atom. The average Bonchev–Trinajstić information content (AvgIpc) is 1.98. The molecule has 0 spiro atoms. The largest absolute Gasteiger partial charge is 0.326 e. The molecule has 0 saturated heterocycles. The van der Waals surface area contributed by atoms with Crippen LogP contribution in [0, 0.1) is 0 Å². The summed E-state index contributed by atoms with van der Waals surface area (Å²) in [6.07, 6.45) is 2.02. The van der Waals surface area contributed by atoms with Gasteiger partial charge in [0.25, 0.3) is 0 Å². The van der Waals surface area contributed by atoms with E-state index in [0.29, 0.717) is 0 Å². The first-order chi connectivity index (χ1) is 4.81. The highest BCUT2D eigenvalue weighted by molar-refractivity contribution is 4.57. The van der Waals surface area contributed by atoms with Crippen molar-refractivity contribution >= 4 is 0 Å². The Labute approximate surface area is 62.9 Å². The molecule has 0 aliphatic rings. The maximum Gasteiger partial charge on any atom is 0.0679 e. The van der Waals surface area contributed by atoms with Crippen LogP contribution < -0.4 is 11.2 Å². The van der Waals surface area contributed by atoms with Crippen LogP contribution in [0.1, 0.15) is 26.7 Å². The standard InChI is InChI=1S/C7H18N2O/c1-3-5-10-9-6-7(8)4-2/h7,9H,3-6,8H2,1-2H3. The summed E-state index contributed by atoms with van der Waals surface area (Å²) in [4.78, 5) is 5.03. The van der Waals surface area contributed by atoms with Crippen molar-refractivity contribution in [3.8, 4) is 0 Å². The second-order valence-electron chi connectivity index (χ2n) is 2.37. The van der Waals surface area contributed by atoms with Crippen LogP contribution in [-0.4, -0.2) is 19.2 Å². The molecule has 0 aliphatic heterocycles. The van der Waals surface area contributed by atoms with Crippen molar-refractivity contribution in [2.24, 2.45) is 5.73 Å². The Morgan fingerprint density at radius 1 is 1.50 bits per heavy atom. The van der Waals surface area contributed by atoms with Crippen LogP contribution in [0.5, 0.6) is 0 Å². The van der Waals surface area contributed by atoms with Crippen LogP contribution in [0.4, 0.5) is 0 Å². The molecule has 0 fully saturated rings. The van der Waals surface area contributed by atoms with Gasteiger partial charge in [-0.1, -0.05) is 13.8 Å². The molecule has 3 nitrogen and oxygen atoms in total. The summed E-state index contributed by atoms with van der Waals surface area (Å²) in [5.74, 6) is 0. The zero-order valence-electron chi connectivity index (χ0n) is 6.89. The molecule has 0 aliphatic carbocycles. The lowest BCUT2D eigenvalue weighted by atomic mass is 10.2. The Kier molecular flexibility index (Phi) is 6.91. The highest BCUT2D eigenvalue weighted by Gasteiger charge is 1.95. The van der Waals surface area contributed by atoms with Gasteiger partial charge in [0.05, 0.1) is 6.61 Å². The third-order valence-corrected chi connectivity index (χ3v) is 1.28. The van der Waals surface area contributed by atoms with Crippen LogP contribution in [0.25, 0.3) is 0 Å². The SMILES string of the molecule is CCCONCC(N)CC. The van der Waals surface area contributed by atoms with Crippen molar-refractivity contribution in [2.45, 2.75) is 32.7 Å². The number of rotatable bonds is 6. The van der Waals surface area contributed by atoms with E-state index in [1.54, 1.807) is 0 Å². The van der Waals surface area contributed by atoms with Gasteiger partial charge in [-0.05, 0) is 12.8 Å². The summed E-state index contributed by atoms with van der Waals surface area (Å²) in [5.41, 5.74) is 8.42. The van der Waals surface area contributed by atoms with E-state index in [0.717, 1.165) is 26.0 Å². The first kappa shape index (κ1) is 9.88. The molecule has 0 aromatic rings. The fourth-order valence-corrected chi connectivity index (χ4v) is 0.485. The maximum atomic E-state index is 5.61. The van der Waals surface area contributed by atoms with E-state index >= 15 is 0 Å². The molecule has 3 N–H and O–H groups in total. The van der Waals surface area contributed by atoms with E-state index in [1.165, 1.54) is 0 Å². The van der Waals surface area contributed by atoms with Gasteiger partial charge in [0.1, 0.15) is 0 Å². The average molecular weight is 146 g/mol. The van der Waals surface area contributed by atoms with Gasteiger partial charge in [-0.15, -0.1) is 0 Å². The molecular formula is C7H18N2O. The Balaban J connectivity index is 2.89. The van der Waals surface area contributed by atoms with Crippen molar-refractivity contribution in [1.82, 2.24) is 5.48 Å². The third kappa shape index (κ3) is 6.01. The van der Waals surface area contributed by atoms with Crippen molar-refractivity contribution in [3.05, 3.63) is 0 Å². The Morgan fingerprint density at radius 3 is 2.70 bits per heavy atom. The van der Waals surface area contributed by atoms with Gasteiger partial charge < -0.3 is 10.6 Å². The van der Waals surface area contributed by atoms with Crippen LogP contribution in [-0.2, 0) is 4.84 Å². The minimum atomic E-state index is 0.219. The van der Waals surface area contributed by atoms with Crippen LogP contribution in [0.15, 0.2) is 0 Å². The first-order valence-electron chi connectivity index (χ1n) is 3.91. The zero-order chi connectivity index (χ0) is 7.82. The Bertz CT molecular complexity index is 68.6. The predicted octanol–water partition coefficient (Wildman–Crippen LogP) is 0.655. The van der Waals surface area contributed by atoms with Crippen LogP contribution in [0.3, 0.4) is 0 Å². The normalized spacial score (nSPS) is 13.5.